The fraction of sp³-hybridized carbons (Fsp3) is 0.188. The Hall–Kier alpha value is -2.77. The van der Waals surface area contributed by atoms with Crippen molar-refractivity contribution in [2.24, 2.45) is 0 Å². The summed E-state index contributed by atoms with van der Waals surface area (Å²) in [6, 6.07) is 6.54. The van der Waals surface area contributed by atoms with Crippen LogP contribution in [-0.2, 0) is 4.79 Å². The van der Waals surface area contributed by atoms with Crippen molar-refractivity contribution in [3.8, 4) is 11.5 Å². The van der Waals surface area contributed by atoms with Gasteiger partial charge in [-0.1, -0.05) is 12.1 Å². The summed E-state index contributed by atoms with van der Waals surface area (Å²) < 4.78 is 62.8. The third-order valence-corrected chi connectivity index (χ3v) is 2.88. The molecule has 4 nitrogen and oxygen atoms in total. The Morgan fingerprint density at radius 1 is 1.04 bits per heavy atom. The van der Waals surface area contributed by atoms with Gasteiger partial charge < -0.3 is 14.8 Å². The maximum Gasteiger partial charge on any atom is 0.262 e. The molecule has 0 aliphatic carbocycles. The first-order valence-corrected chi connectivity index (χ1v) is 6.91. The van der Waals surface area contributed by atoms with Gasteiger partial charge in [-0.3, -0.25) is 4.79 Å². The van der Waals surface area contributed by atoms with Crippen molar-refractivity contribution < 1.29 is 31.8 Å². The number of halogens is 4. The largest absolute Gasteiger partial charge is 0.492 e. The van der Waals surface area contributed by atoms with Gasteiger partial charge in [-0.2, -0.15) is 8.78 Å². The quantitative estimate of drug-likeness (QED) is 0.643. The average molecular weight is 343 g/mol. The maximum absolute atomic E-state index is 13.4. The molecule has 2 rings (SSSR count). The first-order chi connectivity index (χ1) is 11.4. The highest BCUT2D eigenvalue weighted by Crippen LogP contribution is 2.27. The average Bonchev–Trinajstić information content (AvgIpc) is 2.55. The molecule has 0 unspecified atom stereocenters. The van der Waals surface area contributed by atoms with E-state index in [0.29, 0.717) is 18.0 Å². The summed E-state index contributed by atoms with van der Waals surface area (Å²) in [5.41, 5.74) is 0.319. The van der Waals surface area contributed by atoms with Crippen molar-refractivity contribution in [1.82, 2.24) is 0 Å². The van der Waals surface area contributed by atoms with Crippen LogP contribution in [0.4, 0.5) is 23.2 Å². The van der Waals surface area contributed by atoms with Gasteiger partial charge in [-0.15, -0.1) is 0 Å². The first-order valence-electron chi connectivity index (χ1n) is 6.91. The smallest absolute Gasteiger partial charge is 0.262 e. The van der Waals surface area contributed by atoms with E-state index in [0.717, 1.165) is 0 Å². The highest BCUT2D eigenvalue weighted by molar-refractivity contribution is 5.93. The van der Waals surface area contributed by atoms with E-state index in [9.17, 15) is 22.4 Å². The summed E-state index contributed by atoms with van der Waals surface area (Å²) in [4.78, 5) is 11.8. The van der Waals surface area contributed by atoms with Crippen LogP contribution in [-0.4, -0.2) is 19.1 Å². The zero-order valence-electron chi connectivity index (χ0n) is 12.5. The lowest BCUT2D eigenvalue weighted by atomic mass is 10.3. The van der Waals surface area contributed by atoms with E-state index >= 15 is 0 Å². The molecule has 0 spiro atoms. The molecular formula is C16H13F4NO3. The van der Waals surface area contributed by atoms with Crippen molar-refractivity contribution in [3.05, 3.63) is 53.6 Å². The van der Waals surface area contributed by atoms with Crippen LogP contribution in [0, 0.1) is 23.3 Å². The minimum Gasteiger partial charge on any atom is -0.492 e. The maximum atomic E-state index is 13.4. The van der Waals surface area contributed by atoms with Gasteiger partial charge in [0.25, 0.3) is 5.91 Å². The number of para-hydroxylation sites is 2. The monoisotopic (exact) mass is 343 g/mol. The molecule has 0 aliphatic heterocycles. The number of benzene rings is 2. The second kappa shape index (κ2) is 7.67. The van der Waals surface area contributed by atoms with Gasteiger partial charge in [0, 0.05) is 6.07 Å². The molecule has 1 N–H and O–H groups in total. The van der Waals surface area contributed by atoms with E-state index in [1.165, 1.54) is 0 Å². The summed E-state index contributed by atoms with van der Waals surface area (Å²) >= 11 is 0. The van der Waals surface area contributed by atoms with E-state index in [1.54, 1.807) is 31.2 Å². The molecule has 0 aliphatic rings. The second-order valence-electron chi connectivity index (χ2n) is 4.56. The van der Waals surface area contributed by atoms with E-state index in [2.05, 4.69) is 10.1 Å². The van der Waals surface area contributed by atoms with Crippen LogP contribution in [0.15, 0.2) is 30.3 Å². The van der Waals surface area contributed by atoms with E-state index in [4.69, 9.17) is 4.74 Å². The Labute approximate surface area is 135 Å². The summed E-state index contributed by atoms with van der Waals surface area (Å²) in [5, 5.41) is 2.41. The number of hydrogen-bond donors (Lipinski definition) is 1. The number of amides is 1. The van der Waals surface area contributed by atoms with Gasteiger partial charge in [0.1, 0.15) is 5.75 Å². The molecule has 0 aromatic heterocycles. The van der Waals surface area contributed by atoms with Crippen LogP contribution in [0.5, 0.6) is 11.5 Å². The van der Waals surface area contributed by atoms with Crippen LogP contribution in [0.3, 0.4) is 0 Å². The van der Waals surface area contributed by atoms with Crippen LogP contribution in [0.2, 0.25) is 0 Å². The SMILES string of the molecule is CCOc1ccccc1NC(=O)COc1c(F)c(F)cc(F)c1F. The third-order valence-electron chi connectivity index (χ3n) is 2.88. The van der Waals surface area contributed by atoms with Gasteiger partial charge in [0.05, 0.1) is 12.3 Å². The zero-order valence-corrected chi connectivity index (χ0v) is 12.5. The van der Waals surface area contributed by atoms with Gasteiger partial charge in [-0.05, 0) is 19.1 Å². The molecule has 0 fully saturated rings. The van der Waals surface area contributed by atoms with E-state index in [-0.39, 0.29) is 6.07 Å². The molecule has 2 aromatic carbocycles. The second-order valence-corrected chi connectivity index (χ2v) is 4.56. The van der Waals surface area contributed by atoms with Crippen molar-refractivity contribution in [3.63, 3.8) is 0 Å². The number of nitrogens with one attached hydrogen (secondary N) is 1. The zero-order chi connectivity index (χ0) is 17.7. The highest BCUT2D eigenvalue weighted by atomic mass is 19.2. The molecule has 0 radical (unpaired) electrons. The molecule has 1 amide bonds. The van der Waals surface area contributed by atoms with Crippen molar-refractivity contribution in [2.45, 2.75) is 6.92 Å². The Morgan fingerprint density at radius 2 is 1.67 bits per heavy atom. The van der Waals surface area contributed by atoms with Crippen LogP contribution in [0.25, 0.3) is 0 Å². The summed E-state index contributed by atoms with van der Waals surface area (Å²) in [6.45, 7) is 1.27. The lowest BCUT2D eigenvalue weighted by Crippen LogP contribution is -2.21. The number of carbonyl (C=O) groups excluding carboxylic acids is 1. The standard InChI is InChI=1S/C16H13F4NO3/c1-2-23-12-6-4-3-5-11(12)21-13(22)8-24-16-14(19)9(17)7-10(18)15(16)20/h3-7H,2,8H2,1H3,(H,21,22). The molecule has 0 saturated heterocycles. The van der Waals surface area contributed by atoms with Crippen molar-refractivity contribution in [2.75, 3.05) is 18.5 Å². The molecule has 0 saturated carbocycles. The molecule has 2 aromatic rings. The van der Waals surface area contributed by atoms with Gasteiger partial charge in [0.15, 0.2) is 24.0 Å². The molecule has 8 heteroatoms. The summed E-state index contributed by atoms with van der Waals surface area (Å²) in [7, 11) is 0. The van der Waals surface area contributed by atoms with Crippen molar-refractivity contribution in [1.29, 1.82) is 0 Å². The minimum absolute atomic E-state index is 0.0515. The Balaban J connectivity index is 2.07. The predicted octanol–water partition coefficient (Wildman–Crippen LogP) is 3.66. The topological polar surface area (TPSA) is 47.6 Å². The highest BCUT2D eigenvalue weighted by Gasteiger charge is 2.21. The summed E-state index contributed by atoms with van der Waals surface area (Å²) in [6.07, 6.45) is 0. The third kappa shape index (κ3) is 3.95. The number of carbonyl (C=O) groups is 1. The number of ether oxygens (including phenoxy) is 2. The molecular weight excluding hydrogens is 330 g/mol. The number of rotatable bonds is 6. The Bertz CT molecular complexity index is 726. The Morgan fingerprint density at radius 3 is 2.29 bits per heavy atom. The molecule has 128 valence electrons. The van der Waals surface area contributed by atoms with E-state index in [1.807, 2.05) is 0 Å². The van der Waals surface area contributed by atoms with Crippen LogP contribution >= 0.6 is 0 Å². The lowest BCUT2D eigenvalue weighted by molar-refractivity contribution is -0.118. The first kappa shape index (κ1) is 17.6. The summed E-state index contributed by atoms with van der Waals surface area (Å²) in [5.74, 6) is -8.35. The fourth-order valence-electron chi connectivity index (χ4n) is 1.85. The normalized spacial score (nSPS) is 10.4. The van der Waals surface area contributed by atoms with E-state index < -0.39 is 41.5 Å². The van der Waals surface area contributed by atoms with Crippen LogP contribution in [0.1, 0.15) is 6.92 Å². The number of anilines is 1. The van der Waals surface area contributed by atoms with Gasteiger partial charge in [-0.25, -0.2) is 8.78 Å². The lowest BCUT2D eigenvalue weighted by Gasteiger charge is -2.12. The van der Waals surface area contributed by atoms with Gasteiger partial charge in [0.2, 0.25) is 11.6 Å². The van der Waals surface area contributed by atoms with Gasteiger partial charge >= 0.3 is 0 Å². The minimum atomic E-state index is -1.71. The van der Waals surface area contributed by atoms with Crippen LogP contribution < -0.4 is 14.8 Å². The molecule has 0 heterocycles. The predicted molar refractivity (Wildman–Crippen MR) is 78.0 cm³/mol. The molecule has 0 atom stereocenters. The molecule has 24 heavy (non-hydrogen) atoms. The van der Waals surface area contributed by atoms with Crippen molar-refractivity contribution >= 4 is 11.6 Å². The Kier molecular flexibility index (Phi) is 5.62. The molecule has 0 bridgehead atoms. The fourth-order valence-corrected chi connectivity index (χ4v) is 1.85. The number of hydrogen-bond acceptors (Lipinski definition) is 3.